The fraction of sp³-hybridized carbons (Fsp3) is 0.217. The average Bonchev–Trinajstić information content (AvgIpc) is 3.30. The number of hydrogen-bond acceptors (Lipinski definition) is 6. The van der Waals surface area contributed by atoms with Crippen LogP contribution < -0.4 is 10.2 Å². The highest BCUT2D eigenvalue weighted by Crippen LogP contribution is 2.28. The molecule has 1 amide bonds. The van der Waals surface area contributed by atoms with E-state index in [0.29, 0.717) is 48.3 Å². The molecule has 1 saturated heterocycles. The van der Waals surface area contributed by atoms with Crippen LogP contribution in [0.5, 0.6) is 0 Å². The molecule has 2 aromatic carbocycles. The summed E-state index contributed by atoms with van der Waals surface area (Å²) in [5.41, 5.74) is 2.40. The van der Waals surface area contributed by atoms with Crippen LogP contribution in [0.2, 0.25) is 5.02 Å². The summed E-state index contributed by atoms with van der Waals surface area (Å²) in [6.07, 6.45) is 0. The number of carbonyl (C=O) groups excluding carboxylic acids is 2. The second-order valence-electron chi connectivity index (χ2n) is 6.95. The van der Waals surface area contributed by atoms with Gasteiger partial charge in [-0.15, -0.1) is 0 Å². The standard InChI is InChI=1S/C23H21ClN2O5/c1-29-23(28)18-14-17(6-7-19(18)26-10-12-30-13-11-26)25-22(27)21-9-8-20(31-21)15-2-4-16(24)5-3-15/h2-9,14H,10-13H2,1H3,(H,25,27). The molecule has 1 aliphatic heterocycles. The summed E-state index contributed by atoms with van der Waals surface area (Å²) in [4.78, 5) is 27.1. The Bertz CT molecular complexity index is 1090. The third-order valence-corrected chi connectivity index (χ3v) is 5.22. The molecule has 0 saturated carbocycles. The van der Waals surface area contributed by atoms with E-state index in [4.69, 9.17) is 25.5 Å². The minimum Gasteiger partial charge on any atom is -0.465 e. The quantitative estimate of drug-likeness (QED) is 0.589. The van der Waals surface area contributed by atoms with Gasteiger partial charge in [0.05, 0.1) is 31.6 Å². The minimum absolute atomic E-state index is 0.154. The summed E-state index contributed by atoms with van der Waals surface area (Å²) in [6, 6.07) is 15.6. The SMILES string of the molecule is COC(=O)c1cc(NC(=O)c2ccc(-c3ccc(Cl)cc3)o2)ccc1N1CCOCC1. The molecule has 160 valence electrons. The predicted molar refractivity (Wildman–Crippen MR) is 118 cm³/mol. The summed E-state index contributed by atoms with van der Waals surface area (Å²) in [5.74, 6) is -0.183. The molecule has 31 heavy (non-hydrogen) atoms. The molecule has 4 rings (SSSR count). The van der Waals surface area contributed by atoms with Crippen LogP contribution in [0, 0.1) is 0 Å². The Labute approximate surface area is 184 Å². The first-order valence-electron chi connectivity index (χ1n) is 9.77. The summed E-state index contributed by atoms with van der Waals surface area (Å²) >= 11 is 5.91. The Morgan fingerprint density at radius 1 is 1.03 bits per heavy atom. The van der Waals surface area contributed by atoms with Crippen LogP contribution in [-0.4, -0.2) is 45.3 Å². The summed E-state index contributed by atoms with van der Waals surface area (Å²) in [6.45, 7) is 2.53. The van der Waals surface area contributed by atoms with Crippen LogP contribution >= 0.6 is 11.6 Å². The number of carbonyl (C=O) groups is 2. The van der Waals surface area contributed by atoms with E-state index < -0.39 is 11.9 Å². The van der Waals surface area contributed by atoms with Crippen LogP contribution in [0.1, 0.15) is 20.9 Å². The number of ether oxygens (including phenoxy) is 2. The zero-order valence-electron chi connectivity index (χ0n) is 16.9. The number of furan rings is 1. The maximum absolute atomic E-state index is 12.7. The highest BCUT2D eigenvalue weighted by atomic mass is 35.5. The lowest BCUT2D eigenvalue weighted by Crippen LogP contribution is -2.37. The number of hydrogen-bond donors (Lipinski definition) is 1. The van der Waals surface area contributed by atoms with Crippen molar-refractivity contribution in [3.05, 3.63) is 70.9 Å². The first-order valence-corrected chi connectivity index (χ1v) is 10.1. The van der Waals surface area contributed by atoms with Crippen molar-refractivity contribution in [2.75, 3.05) is 43.6 Å². The van der Waals surface area contributed by atoms with E-state index in [2.05, 4.69) is 10.2 Å². The van der Waals surface area contributed by atoms with E-state index in [1.54, 1.807) is 42.5 Å². The molecule has 1 N–H and O–H groups in total. The van der Waals surface area contributed by atoms with Gasteiger partial charge >= 0.3 is 5.97 Å². The van der Waals surface area contributed by atoms with Crippen molar-refractivity contribution in [1.29, 1.82) is 0 Å². The predicted octanol–water partition coefficient (Wildman–Crippen LogP) is 4.48. The number of rotatable bonds is 5. The topological polar surface area (TPSA) is 81.0 Å². The van der Waals surface area contributed by atoms with Gasteiger partial charge in [0.15, 0.2) is 5.76 Å². The van der Waals surface area contributed by atoms with Crippen LogP contribution in [0.4, 0.5) is 11.4 Å². The van der Waals surface area contributed by atoms with Crippen molar-refractivity contribution in [2.24, 2.45) is 0 Å². The van der Waals surface area contributed by atoms with Gasteiger partial charge in [-0.3, -0.25) is 4.79 Å². The Morgan fingerprint density at radius 3 is 2.48 bits per heavy atom. The molecule has 7 nitrogen and oxygen atoms in total. The molecule has 1 aromatic heterocycles. The lowest BCUT2D eigenvalue weighted by molar-refractivity contribution is 0.0600. The molecule has 3 aromatic rings. The van der Waals surface area contributed by atoms with E-state index in [9.17, 15) is 9.59 Å². The Hall–Kier alpha value is -3.29. The smallest absolute Gasteiger partial charge is 0.340 e. The number of esters is 1. The number of nitrogens with zero attached hydrogens (tertiary/aromatic N) is 1. The highest BCUT2D eigenvalue weighted by molar-refractivity contribution is 6.30. The van der Waals surface area contributed by atoms with Gasteiger partial charge in [-0.25, -0.2) is 4.79 Å². The van der Waals surface area contributed by atoms with Crippen molar-refractivity contribution in [1.82, 2.24) is 0 Å². The van der Waals surface area contributed by atoms with Crippen molar-refractivity contribution in [3.63, 3.8) is 0 Å². The molecule has 2 heterocycles. The van der Waals surface area contributed by atoms with Gasteiger partial charge in [-0.2, -0.15) is 0 Å². The summed E-state index contributed by atoms with van der Waals surface area (Å²) < 4.78 is 16.0. The van der Waals surface area contributed by atoms with E-state index in [1.807, 2.05) is 12.1 Å². The van der Waals surface area contributed by atoms with Gasteiger partial charge in [-0.1, -0.05) is 11.6 Å². The van der Waals surface area contributed by atoms with E-state index in [-0.39, 0.29) is 5.76 Å². The van der Waals surface area contributed by atoms with Gasteiger partial charge in [0.25, 0.3) is 5.91 Å². The third-order valence-electron chi connectivity index (χ3n) is 4.97. The molecule has 8 heteroatoms. The molecule has 0 radical (unpaired) electrons. The molecular weight excluding hydrogens is 420 g/mol. The summed E-state index contributed by atoms with van der Waals surface area (Å²) in [5, 5.41) is 3.40. The number of morpholine rings is 1. The lowest BCUT2D eigenvalue weighted by Gasteiger charge is -2.30. The second-order valence-corrected chi connectivity index (χ2v) is 7.38. The van der Waals surface area contributed by atoms with Crippen LogP contribution in [0.25, 0.3) is 11.3 Å². The number of amides is 1. The Kier molecular flexibility index (Phi) is 6.25. The highest BCUT2D eigenvalue weighted by Gasteiger charge is 2.21. The van der Waals surface area contributed by atoms with Gasteiger partial charge < -0.3 is 24.1 Å². The maximum Gasteiger partial charge on any atom is 0.340 e. The molecular formula is C23H21ClN2O5. The summed E-state index contributed by atoms with van der Waals surface area (Å²) in [7, 11) is 1.33. The number of anilines is 2. The number of benzene rings is 2. The first kappa shape index (κ1) is 21.0. The van der Waals surface area contributed by atoms with E-state index in [0.717, 1.165) is 11.3 Å². The van der Waals surface area contributed by atoms with Gasteiger partial charge in [-0.05, 0) is 54.6 Å². The van der Waals surface area contributed by atoms with Gasteiger partial charge in [0.2, 0.25) is 0 Å². The molecule has 0 aliphatic carbocycles. The second kappa shape index (κ2) is 9.24. The Balaban J connectivity index is 1.54. The molecule has 1 aliphatic rings. The maximum atomic E-state index is 12.7. The monoisotopic (exact) mass is 440 g/mol. The van der Waals surface area contributed by atoms with Crippen molar-refractivity contribution >= 4 is 34.9 Å². The number of halogens is 1. The minimum atomic E-state index is -0.472. The zero-order chi connectivity index (χ0) is 21.8. The molecule has 0 unspecified atom stereocenters. The van der Waals surface area contributed by atoms with Crippen molar-refractivity contribution in [3.8, 4) is 11.3 Å². The van der Waals surface area contributed by atoms with Crippen molar-refractivity contribution in [2.45, 2.75) is 0 Å². The van der Waals surface area contributed by atoms with Crippen molar-refractivity contribution < 1.29 is 23.5 Å². The van der Waals surface area contributed by atoms with Crippen LogP contribution in [0.15, 0.2) is 59.0 Å². The third kappa shape index (κ3) is 4.73. The lowest BCUT2D eigenvalue weighted by atomic mass is 10.1. The van der Waals surface area contributed by atoms with Gasteiger partial charge in [0.1, 0.15) is 5.76 Å². The van der Waals surface area contributed by atoms with E-state index in [1.165, 1.54) is 7.11 Å². The zero-order valence-corrected chi connectivity index (χ0v) is 17.6. The van der Waals surface area contributed by atoms with Crippen LogP contribution in [-0.2, 0) is 9.47 Å². The fourth-order valence-corrected chi connectivity index (χ4v) is 3.52. The Morgan fingerprint density at radius 2 is 1.77 bits per heavy atom. The van der Waals surface area contributed by atoms with E-state index >= 15 is 0 Å². The normalized spacial score (nSPS) is 13.7. The molecule has 0 bridgehead atoms. The largest absolute Gasteiger partial charge is 0.465 e. The molecule has 0 atom stereocenters. The average molecular weight is 441 g/mol. The number of nitrogens with one attached hydrogen (secondary N) is 1. The first-order chi connectivity index (χ1) is 15.0. The van der Waals surface area contributed by atoms with Crippen LogP contribution in [0.3, 0.4) is 0 Å². The van der Waals surface area contributed by atoms with Gasteiger partial charge in [0, 0.05) is 29.4 Å². The fourth-order valence-electron chi connectivity index (χ4n) is 3.39. The molecule has 1 fully saturated rings. The number of methoxy groups -OCH3 is 1. The molecule has 0 spiro atoms.